The van der Waals surface area contributed by atoms with Crippen LogP contribution in [0.2, 0.25) is 5.02 Å². The third-order valence-corrected chi connectivity index (χ3v) is 6.56. The van der Waals surface area contributed by atoms with E-state index >= 15 is 0 Å². The van der Waals surface area contributed by atoms with Crippen molar-refractivity contribution < 1.29 is 27.8 Å². The molecule has 3 heterocycles. The lowest BCUT2D eigenvalue weighted by molar-refractivity contribution is -0.274. The van der Waals surface area contributed by atoms with Crippen LogP contribution in [0.1, 0.15) is 11.3 Å². The molecule has 176 valence electrons. The van der Waals surface area contributed by atoms with Gasteiger partial charge in [0.15, 0.2) is 0 Å². The second-order valence-corrected chi connectivity index (χ2v) is 8.62. The molecule has 2 aromatic carbocycles. The number of hydrogen-bond acceptors (Lipinski definition) is 6. The smallest absolute Gasteiger partial charge is 0.472 e. The fourth-order valence-electron chi connectivity index (χ4n) is 3.94. The summed E-state index contributed by atoms with van der Waals surface area (Å²) in [5, 5.41) is 16.1. The minimum absolute atomic E-state index is 0.286. The Morgan fingerprint density at radius 1 is 1.18 bits per heavy atom. The monoisotopic (exact) mass is 508 g/mol. The van der Waals surface area contributed by atoms with E-state index in [-0.39, 0.29) is 12.3 Å². The number of aliphatic hydroxyl groups is 1. The molecule has 0 atom stereocenters. The average Bonchev–Trinajstić information content (AvgIpc) is 3.45. The number of fused-ring (bicyclic) bond motifs is 2. The van der Waals surface area contributed by atoms with Crippen molar-refractivity contribution in [2.75, 3.05) is 7.11 Å². The first-order valence-corrected chi connectivity index (χ1v) is 11.1. The van der Waals surface area contributed by atoms with Crippen molar-refractivity contribution in [2.45, 2.75) is 19.5 Å². The van der Waals surface area contributed by atoms with E-state index in [2.05, 4.69) is 14.8 Å². The zero-order chi connectivity index (χ0) is 24.0. The van der Waals surface area contributed by atoms with Crippen molar-refractivity contribution in [3.05, 3.63) is 64.9 Å². The molecule has 0 fully saturated rings. The van der Waals surface area contributed by atoms with Gasteiger partial charge >= 0.3 is 6.36 Å². The molecule has 0 radical (unpaired) electrons. The van der Waals surface area contributed by atoms with Crippen LogP contribution in [0, 0.1) is 0 Å². The van der Waals surface area contributed by atoms with Crippen molar-refractivity contribution in [1.29, 1.82) is 0 Å². The Bertz CT molecular complexity index is 1510. The molecule has 0 aliphatic heterocycles. The Kier molecular flexibility index (Phi) is 5.62. The molecule has 5 aromatic rings. The van der Waals surface area contributed by atoms with E-state index in [0.717, 1.165) is 5.56 Å². The van der Waals surface area contributed by atoms with Crippen molar-refractivity contribution in [3.63, 3.8) is 0 Å². The van der Waals surface area contributed by atoms with E-state index in [4.69, 9.17) is 16.3 Å². The number of aliphatic hydroxyl groups excluding tert-OH is 1. The van der Waals surface area contributed by atoms with Gasteiger partial charge in [0.25, 0.3) is 5.19 Å². The van der Waals surface area contributed by atoms with Gasteiger partial charge in [-0.05, 0) is 41.2 Å². The van der Waals surface area contributed by atoms with Crippen molar-refractivity contribution in [2.24, 2.45) is 0 Å². The fourth-order valence-corrected chi connectivity index (χ4v) is 4.83. The maximum Gasteiger partial charge on any atom is 0.573 e. The molecule has 0 amide bonds. The van der Waals surface area contributed by atoms with Crippen LogP contribution >= 0.6 is 22.9 Å². The van der Waals surface area contributed by atoms with Gasteiger partial charge in [-0.2, -0.15) is 4.52 Å². The van der Waals surface area contributed by atoms with Crippen LogP contribution in [-0.4, -0.2) is 37.7 Å². The first kappa shape index (κ1) is 22.5. The van der Waals surface area contributed by atoms with Crippen LogP contribution in [0.25, 0.3) is 27.1 Å². The second kappa shape index (κ2) is 8.49. The van der Waals surface area contributed by atoms with Crippen LogP contribution in [0.4, 0.5) is 13.2 Å². The molecular weight excluding hydrogens is 493 g/mol. The maximum absolute atomic E-state index is 12.9. The summed E-state index contributed by atoms with van der Waals surface area (Å²) < 4.78 is 51.5. The highest BCUT2D eigenvalue weighted by atomic mass is 35.5. The Labute approximate surface area is 199 Å². The van der Waals surface area contributed by atoms with Gasteiger partial charge in [-0.25, -0.2) is 4.98 Å². The summed E-state index contributed by atoms with van der Waals surface area (Å²) in [5.41, 5.74) is 2.81. The van der Waals surface area contributed by atoms with E-state index in [1.807, 2.05) is 16.7 Å². The molecule has 12 heteroatoms. The Hall–Kier alpha value is -3.28. The van der Waals surface area contributed by atoms with Crippen LogP contribution in [-0.2, 0) is 13.2 Å². The van der Waals surface area contributed by atoms with Gasteiger partial charge in [0.05, 0.1) is 31.3 Å². The summed E-state index contributed by atoms with van der Waals surface area (Å²) in [6.45, 7) is -0.105. The van der Waals surface area contributed by atoms with E-state index in [1.54, 1.807) is 18.3 Å². The van der Waals surface area contributed by atoms with Gasteiger partial charge in [0.2, 0.25) is 4.96 Å². The number of alkyl halides is 3. The SMILES string of the molecule is COc1nn2c(-c3c(CO)n(Cc4ccccc4Cl)c4ccc(OC(F)(F)F)cc34)cnc2s1. The summed E-state index contributed by atoms with van der Waals surface area (Å²) in [6, 6.07) is 11.3. The van der Waals surface area contributed by atoms with Gasteiger partial charge < -0.3 is 19.1 Å². The lowest BCUT2D eigenvalue weighted by Crippen LogP contribution is -2.17. The molecule has 0 aliphatic rings. The molecule has 0 aliphatic carbocycles. The molecule has 0 saturated carbocycles. The van der Waals surface area contributed by atoms with E-state index < -0.39 is 13.0 Å². The largest absolute Gasteiger partial charge is 0.573 e. The predicted octanol–water partition coefficient (Wildman–Crippen LogP) is 5.51. The van der Waals surface area contributed by atoms with Gasteiger partial charge in [-0.15, -0.1) is 18.3 Å². The Balaban J connectivity index is 1.78. The van der Waals surface area contributed by atoms with Gasteiger partial charge in [0.1, 0.15) is 5.75 Å². The highest BCUT2D eigenvalue weighted by molar-refractivity contribution is 7.18. The molecule has 0 unspecified atom stereocenters. The highest BCUT2D eigenvalue weighted by Gasteiger charge is 2.32. The molecule has 5 rings (SSSR count). The standard InChI is InChI=1S/C22H16ClF3N4O3S/c1-32-21-28-30-17(9-27-20(30)34-21)19-14-8-13(33-22(24,25)26)6-7-16(14)29(18(19)11-31)10-12-4-2-3-5-15(12)23/h2-9,31H,10-11H2,1H3. The lowest BCUT2D eigenvalue weighted by atomic mass is 10.1. The topological polar surface area (TPSA) is 73.8 Å². The fraction of sp³-hybridized carbons (Fsp3) is 0.182. The van der Waals surface area contributed by atoms with E-state index in [9.17, 15) is 18.3 Å². The minimum Gasteiger partial charge on any atom is -0.472 e. The highest BCUT2D eigenvalue weighted by Crippen LogP contribution is 2.40. The van der Waals surface area contributed by atoms with Gasteiger partial charge in [-0.1, -0.05) is 29.8 Å². The first-order chi connectivity index (χ1) is 16.3. The lowest BCUT2D eigenvalue weighted by Gasteiger charge is -2.12. The molecule has 7 nitrogen and oxygen atoms in total. The number of imidazole rings is 1. The maximum atomic E-state index is 12.9. The summed E-state index contributed by atoms with van der Waals surface area (Å²) in [5.74, 6) is -0.378. The van der Waals surface area contributed by atoms with Crippen LogP contribution in [0.5, 0.6) is 10.9 Å². The molecule has 0 bridgehead atoms. The van der Waals surface area contributed by atoms with Crippen LogP contribution in [0.15, 0.2) is 48.7 Å². The van der Waals surface area contributed by atoms with Crippen molar-refractivity contribution in [1.82, 2.24) is 19.2 Å². The van der Waals surface area contributed by atoms with Crippen LogP contribution < -0.4 is 9.47 Å². The molecule has 3 aromatic heterocycles. The minimum atomic E-state index is -4.85. The van der Waals surface area contributed by atoms with Crippen molar-refractivity contribution >= 4 is 38.8 Å². The molecular formula is C22H16ClF3N4O3S. The Morgan fingerprint density at radius 3 is 2.68 bits per heavy atom. The normalized spacial score (nSPS) is 12.1. The molecule has 0 spiro atoms. The predicted molar refractivity (Wildman–Crippen MR) is 122 cm³/mol. The number of ether oxygens (including phenoxy) is 2. The zero-order valence-electron chi connectivity index (χ0n) is 17.5. The summed E-state index contributed by atoms with van der Waals surface area (Å²) in [7, 11) is 1.48. The average molecular weight is 509 g/mol. The molecule has 34 heavy (non-hydrogen) atoms. The number of rotatable bonds is 6. The quantitative estimate of drug-likeness (QED) is 0.327. The molecule has 0 saturated heterocycles. The number of aromatic nitrogens is 4. The number of hydrogen-bond donors (Lipinski definition) is 1. The summed E-state index contributed by atoms with van der Waals surface area (Å²) in [6.07, 6.45) is -3.29. The number of nitrogens with zero attached hydrogens (tertiary/aromatic N) is 4. The van der Waals surface area contributed by atoms with E-state index in [0.29, 0.717) is 43.0 Å². The summed E-state index contributed by atoms with van der Waals surface area (Å²) >= 11 is 7.58. The first-order valence-electron chi connectivity index (χ1n) is 9.93. The van der Waals surface area contributed by atoms with Crippen molar-refractivity contribution in [3.8, 4) is 22.2 Å². The third-order valence-electron chi connectivity index (χ3n) is 5.31. The van der Waals surface area contributed by atoms with Gasteiger partial charge in [0, 0.05) is 28.0 Å². The number of halogens is 4. The Morgan fingerprint density at radius 2 is 1.97 bits per heavy atom. The zero-order valence-corrected chi connectivity index (χ0v) is 19.1. The summed E-state index contributed by atoms with van der Waals surface area (Å²) in [4.78, 5) is 4.88. The van der Waals surface area contributed by atoms with Gasteiger partial charge in [-0.3, -0.25) is 0 Å². The van der Waals surface area contributed by atoms with Crippen LogP contribution in [0.3, 0.4) is 0 Å². The number of methoxy groups -OCH3 is 1. The molecule has 1 N–H and O–H groups in total. The van der Waals surface area contributed by atoms with E-state index in [1.165, 1.54) is 41.2 Å². The number of benzene rings is 2. The second-order valence-electron chi connectivity index (χ2n) is 7.29. The third kappa shape index (κ3) is 3.95.